The third kappa shape index (κ3) is 2.48. The highest BCUT2D eigenvalue weighted by atomic mass is 16.5. The van der Waals surface area contributed by atoms with E-state index in [1.165, 1.54) is 0 Å². The molecule has 2 atom stereocenters. The molecule has 2 aromatic carbocycles. The molecule has 0 bridgehead atoms. The largest absolute Gasteiger partial charge is 0.478 e. The Labute approximate surface area is 148 Å². The molecule has 1 aliphatic heterocycles. The average Bonchev–Trinajstić information content (AvgIpc) is 3.06. The van der Waals surface area contributed by atoms with E-state index in [0.717, 1.165) is 5.52 Å². The average molecular weight is 346 g/mol. The number of aromatic amines is 1. The number of nitrogens with one attached hydrogen (secondary N) is 2. The first-order valence-corrected chi connectivity index (χ1v) is 8.07. The Kier molecular flexibility index (Phi) is 3.66. The highest BCUT2D eigenvalue weighted by Gasteiger charge is 2.32. The molecule has 3 aromatic rings. The summed E-state index contributed by atoms with van der Waals surface area (Å²) >= 11 is 0. The third-order valence-corrected chi connectivity index (χ3v) is 4.27. The number of H-pyrrole nitrogens is 1. The van der Waals surface area contributed by atoms with E-state index in [0.29, 0.717) is 11.2 Å². The zero-order chi connectivity index (χ0) is 18.3. The maximum absolute atomic E-state index is 13.0. The molecule has 1 aromatic heterocycles. The number of nitrogens with zero attached hydrogens (tertiary/aromatic N) is 2. The van der Waals surface area contributed by atoms with Gasteiger partial charge in [-0.25, -0.2) is 4.98 Å². The molecule has 0 radical (unpaired) electrons. The van der Waals surface area contributed by atoms with Gasteiger partial charge in [-0.2, -0.15) is 5.26 Å². The first-order chi connectivity index (χ1) is 12.6. The van der Waals surface area contributed by atoms with Crippen LogP contribution in [0.2, 0.25) is 0 Å². The maximum atomic E-state index is 13.0. The lowest BCUT2D eigenvalue weighted by Crippen LogP contribution is -2.35. The fourth-order valence-electron chi connectivity index (χ4n) is 2.93. The number of nitriles is 1. The molecule has 0 aliphatic carbocycles. The molecule has 0 spiro atoms. The van der Waals surface area contributed by atoms with Crippen LogP contribution >= 0.6 is 0 Å². The van der Waals surface area contributed by atoms with Crippen LogP contribution in [0.25, 0.3) is 11.0 Å². The van der Waals surface area contributed by atoms with Gasteiger partial charge >= 0.3 is 0 Å². The number of benzene rings is 2. The molecular weight excluding hydrogens is 332 g/mol. The summed E-state index contributed by atoms with van der Waals surface area (Å²) in [5, 5.41) is 12.3. The van der Waals surface area contributed by atoms with Gasteiger partial charge in [-0.05, 0) is 31.2 Å². The summed E-state index contributed by atoms with van der Waals surface area (Å²) in [5.41, 5.74) is 2.09. The summed E-state index contributed by atoms with van der Waals surface area (Å²) in [4.78, 5) is 32.2. The van der Waals surface area contributed by atoms with E-state index in [9.17, 15) is 14.9 Å². The minimum Gasteiger partial charge on any atom is -0.478 e. The Balaban J connectivity index is 1.76. The lowest BCUT2D eigenvalue weighted by Gasteiger charge is -2.25. The van der Waals surface area contributed by atoms with Crippen molar-refractivity contribution in [1.29, 1.82) is 5.26 Å². The highest BCUT2D eigenvalue weighted by molar-refractivity contribution is 6.08. The number of carbonyl (C=O) groups excluding carboxylic acids is 2. The molecule has 2 N–H and O–H groups in total. The summed E-state index contributed by atoms with van der Waals surface area (Å²) in [7, 11) is 0. The summed E-state index contributed by atoms with van der Waals surface area (Å²) in [6, 6.07) is 14.2. The number of hydrogen-bond acceptors (Lipinski definition) is 5. The van der Waals surface area contributed by atoms with Crippen LogP contribution in [0.4, 0.5) is 5.69 Å². The number of fused-ring (bicyclic) bond motifs is 2. The Morgan fingerprint density at radius 3 is 2.85 bits per heavy atom. The predicted octanol–water partition coefficient (Wildman–Crippen LogP) is 2.77. The monoisotopic (exact) mass is 346 g/mol. The van der Waals surface area contributed by atoms with Gasteiger partial charge in [-0.15, -0.1) is 0 Å². The second kappa shape index (κ2) is 6.01. The standard InChI is InChI=1S/C19H14N4O3/c1-10-19(25)23-15-8-4-5-11(17(15)26-10)16(24)12(9-20)18-21-13-6-2-3-7-14(13)22-18/h2-8,10,12H,1H3,(H,21,22)(H,23,25)/t10-,12+/m0/s1. The van der Waals surface area contributed by atoms with Crippen molar-refractivity contribution >= 4 is 28.4 Å². The number of aromatic nitrogens is 2. The van der Waals surface area contributed by atoms with E-state index < -0.39 is 17.8 Å². The van der Waals surface area contributed by atoms with Gasteiger partial charge in [-0.1, -0.05) is 18.2 Å². The van der Waals surface area contributed by atoms with Gasteiger partial charge in [0.25, 0.3) is 5.91 Å². The molecule has 2 heterocycles. The van der Waals surface area contributed by atoms with Crippen LogP contribution in [0.3, 0.4) is 0 Å². The smallest absolute Gasteiger partial charge is 0.265 e. The number of ketones is 1. The van der Waals surface area contributed by atoms with Crippen LogP contribution in [-0.4, -0.2) is 27.8 Å². The van der Waals surface area contributed by atoms with E-state index in [4.69, 9.17) is 4.74 Å². The van der Waals surface area contributed by atoms with Crippen molar-refractivity contribution in [3.63, 3.8) is 0 Å². The van der Waals surface area contributed by atoms with Crippen molar-refractivity contribution in [2.45, 2.75) is 18.9 Å². The summed E-state index contributed by atoms with van der Waals surface area (Å²) in [5.74, 6) is -1.27. The normalized spacial score (nSPS) is 16.9. The second-order valence-electron chi connectivity index (χ2n) is 6.00. The Morgan fingerprint density at radius 2 is 2.08 bits per heavy atom. The lowest BCUT2D eigenvalue weighted by atomic mass is 9.96. The zero-order valence-electron chi connectivity index (χ0n) is 13.8. The van der Waals surface area contributed by atoms with E-state index in [2.05, 4.69) is 15.3 Å². The van der Waals surface area contributed by atoms with Crippen LogP contribution < -0.4 is 10.1 Å². The first kappa shape index (κ1) is 15.8. The van der Waals surface area contributed by atoms with E-state index in [1.54, 1.807) is 31.2 Å². The molecular formula is C19H14N4O3. The molecule has 128 valence electrons. The Morgan fingerprint density at radius 1 is 1.27 bits per heavy atom. The zero-order valence-corrected chi connectivity index (χ0v) is 13.8. The van der Waals surface area contributed by atoms with Crippen LogP contribution in [0.15, 0.2) is 42.5 Å². The van der Waals surface area contributed by atoms with Gasteiger partial charge in [0.1, 0.15) is 5.82 Å². The molecule has 1 aliphatic rings. The topological polar surface area (TPSA) is 108 Å². The van der Waals surface area contributed by atoms with Gasteiger partial charge in [0.15, 0.2) is 23.6 Å². The van der Waals surface area contributed by atoms with Crippen LogP contribution in [0, 0.1) is 11.3 Å². The molecule has 1 amide bonds. The molecule has 0 fully saturated rings. The predicted molar refractivity (Wildman–Crippen MR) is 93.9 cm³/mol. The molecule has 0 saturated heterocycles. The van der Waals surface area contributed by atoms with Crippen molar-refractivity contribution in [3.05, 3.63) is 53.9 Å². The van der Waals surface area contributed by atoms with Gasteiger partial charge in [0, 0.05) is 0 Å². The number of carbonyl (C=O) groups is 2. The fourth-order valence-corrected chi connectivity index (χ4v) is 2.93. The minimum absolute atomic E-state index is 0.237. The van der Waals surface area contributed by atoms with Gasteiger partial charge in [0.2, 0.25) is 0 Å². The van der Waals surface area contributed by atoms with Crippen molar-refractivity contribution in [2.75, 3.05) is 5.32 Å². The number of Topliss-reactive ketones (excluding diaryl/α,β-unsaturated/α-hetero) is 1. The number of imidazole rings is 1. The number of rotatable bonds is 3. The van der Waals surface area contributed by atoms with Gasteiger partial charge in [-0.3, -0.25) is 9.59 Å². The number of para-hydroxylation sites is 3. The SMILES string of the molecule is C[C@@H]1Oc2c(cccc2C(=O)[C@@H](C#N)c2nc3ccccc3[nH]2)NC1=O. The Bertz CT molecular complexity index is 1050. The van der Waals surface area contributed by atoms with E-state index in [-0.39, 0.29) is 23.0 Å². The molecule has 7 nitrogen and oxygen atoms in total. The minimum atomic E-state index is -1.11. The van der Waals surface area contributed by atoms with Gasteiger partial charge < -0.3 is 15.0 Å². The number of ether oxygens (including phenoxy) is 1. The fraction of sp³-hybridized carbons (Fsp3) is 0.158. The Hall–Kier alpha value is -3.66. The van der Waals surface area contributed by atoms with Crippen LogP contribution in [-0.2, 0) is 4.79 Å². The van der Waals surface area contributed by atoms with E-state index >= 15 is 0 Å². The first-order valence-electron chi connectivity index (χ1n) is 8.07. The molecule has 7 heteroatoms. The molecule has 26 heavy (non-hydrogen) atoms. The summed E-state index contributed by atoms with van der Waals surface area (Å²) in [6.45, 7) is 1.60. The summed E-state index contributed by atoms with van der Waals surface area (Å²) < 4.78 is 5.61. The molecule has 4 rings (SSSR count). The third-order valence-electron chi connectivity index (χ3n) is 4.27. The number of amides is 1. The van der Waals surface area contributed by atoms with Crippen molar-refractivity contribution in [2.24, 2.45) is 0 Å². The number of hydrogen-bond donors (Lipinski definition) is 2. The van der Waals surface area contributed by atoms with Crippen molar-refractivity contribution < 1.29 is 14.3 Å². The maximum Gasteiger partial charge on any atom is 0.265 e. The molecule has 0 saturated carbocycles. The second-order valence-corrected chi connectivity index (χ2v) is 6.00. The van der Waals surface area contributed by atoms with Crippen LogP contribution in [0.5, 0.6) is 5.75 Å². The quantitative estimate of drug-likeness (QED) is 0.709. The van der Waals surface area contributed by atoms with Gasteiger partial charge in [0.05, 0.1) is 28.4 Å². The highest BCUT2D eigenvalue weighted by Crippen LogP contribution is 2.35. The summed E-state index contributed by atoms with van der Waals surface area (Å²) in [6.07, 6.45) is -0.719. The number of anilines is 1. The van der Waals surface area contributed by atoms with Crippen molar-refractivity contribution in [1.82, 2.24) is 9.97 Å². The van der Waals surface area contributed by atoms with E-state index in [1.807, 2.05) is 24.3 Å². The molecule has 0 unspecified atom stereocenters. The lowest BCUT2D eigenvalue weighted by molar-refractivity contribution is -0.122. The van der Waals surface area contributed by atoms with Crippen molar-refractivity contribution in [3.8, 4) is 11.8 Å². The van der Waals surface area contributed by atoms with Crippen LogP contribution in [0.1, 0.15) is 29.0 Å².